The van der Waals surface area contributed by atoms with Crippen LogP contribution in [0.4, 0.5) is 0 Å². The molecule has 1 aliphatic carbocycles. The minimum Gasteiger partial charge on any atom is -0.481 e. The fraction of sp³-hybridized carbons (Fsp3) is 0.562. The zero-order valence-corrected chi connectivity index (χ0v) is 12.2. The minimum absolute atomic E-state index is 0.241. The average molecular weight is 281 g/mol. The molecule has 19 heavy (non-hydrogen) atoms. The van der Waals surface area contributed by atoms with Gasteiger partial charge in [-0.1, -0.05) is 44.0 Å². The lowest BCUT2D eigenvalue weighted by Gasteiger charge is -2.35. The first-order valence-corrected chi connectivity index (χ1v) is 7.35. The summed E-state index contributed by atoms with van der Waals surface area (Å²) in [6, 6.07) is 7.26. The highest BCUT2D eigenvalue weighted by Gasteiger charge is 2.34. The lowest BCUT2D eigenvalue weighted by atomic mass is 9.69. The van der Waals surface area contributed by atoms with Gasteiger partial charge in [0, 0.05) is 5.02 Å². The van der Waals surface area contributed by atoms with Crippen molar-refractivity contribution >= 4 is 17.6 Å². The van der Waals surface area contributed by atoms with Gasteiger partial charge in [0.25, 0.3) is 0 Å². The molecule has 1 aliphatic rings. The quantitative estimate of drug-likeness (QED) is 0.880. The molecule has 4 atom stereocenters. The van der Waals surface area contributed by atoms with Gasteiger partial charge in [0.15, 0.2) is 0 Å². The summed E-state index contributed by atoms with van der Waals surface area (Å²) in [5.74, 6) is 0.440. The largest absolute Gasteiger partial charge is 0.481 e. The van der Waals surface area contributed by atoms with E-state index in [0.29, 0.717) is 16.9 Å². The van der Waals surface area contributed by atoms with Crippen molar-refractivity contribution in [1.82, 2.24) is 0 Å². The molecule has 1 aromatic carbocycles. The fourth-order valence-electron chi connectivity index (χ4n) is 3.18. The molecule has 1 N–H and O–H groups in total. The van der Waals surface area contributed by atoms with E-state index in [4.69, 9.17) is 11.6 Å². The molecule has 0 aromatic heterocycles. The molecule has 1 saturated carbocycles. The van der Waals surface area contributed by atoms with Gasteiger partial charge in [-0.05, 0) is 48.3 Å². The third-order valence-electron chi connectivity index (χ3n) is 4.61. The highest BCUT2D eigenvalue weighted by molar-refractivity contribution is 6.30. The van der Waals surface area contributed by atoms with Crippen LogP contribution in [-0.4, -0.2) is 11.1 Å². The van der Waals surface area contributed by atoms with Gasteiger partial charge in [0.05, 0.1) is 5.92 Å². The molecule has 1 aromatic rings. The maximum Gasteiger partial charge on any atom is 0.311 e. The summed E-state index contributed by atoms with van der Waals surface area (Å²) in [6.45, 7) is 4.50. The Morgan fingerprint density at radius 3 is 2.37 bits per heavy atom. The van der Waals surface area contributed by atoms with Crippen LogP contribution in [0.15, 0.2) is 24.3 Å². The second-order valence-corrected chi connectivity index (χ2v) is 6.33. The molecule has 104 valence electrons. The second-order valence-electron chi connectivity index (χ2n) is 5.90. The van der Waals surface area contributed by atoms with Gasteiger partial charge in [-0.2, -0.15) is 0 Å². The van der Waals surface area contributed by atoms with Crippen LogP contribution >= 0.6 is 11.6 Å². The van der Waals surface area contributed by atoms with E-state index >= 15 is 0 Å². The molecule has 2 rings (SSSR count). The number of aliphatic carboxylic acids is 1. The van der Waals surface area contributed by atoms with Gasteiger partial charge in [0.2, 0.25) is 0 Å². The van der Waals surface area contributed by atoms with Crippen LogP contribution in [0.25, 0.3) is 0 Å². The summed E-state index contributed by atoms with van der Waals surface area (Å²) in [5.41, 5.74) is 0.878. The summed E-state index contributed by atoms with van der Waals surface area (Å²) >= 11 is 5.88. The molecule has 0 spiro atoms. The Bertz CT molecular complexity index is 441. The summed E-state index contributed by atoms with van der Waals surface area (Å²) in [4.78, 5) is 11.6. The molecular weight excluding hydrogens is 260 g/mol. The first kappa shape index (κ1) is 14.4. The predicted octanol–water partition coefficient (Wildman–Crippen LogP) is 4.58. The minimum atomic E-state index is -0.714. The molecule has 0 amide bonds. The van der Waals surface area contributed by atoms with E-state index in [1.807, 2.05) is 12.1 Å². The van der Waals surface area contributed by atoms with E-state index < -0.39 is 11.9 Å². The molecule has 0 aliphatic heterocycles. The number of benzene rings is 1. The highest BCUT2D eigenvalue weighted by atomic mass is 35.5. The first-order chi connectivity index (χ1) is 8.99. The number of carbonyl (C=O) groups is 1. The predicted molar refractivity (Wildman–Crippen MR) is 77.5 cm³/mol. The van der Waals surface area contributed by atoms with E-state index in [9.17, 15) is 9.90 Å². The molecule has 1 fully saturated rings. The Morgan fingerprint density at radius 2 is 1.84 bits per heavy atom. The van der Waals surface area contributed by atoms with Crippen LogP contribution in [0, 0.1) is 17.8 Å². The van der Waals surface area contributed by atoms with E-state index in [2.05, 4.69) is 13.8 Å². The summed E-state index contributed by atoms with van der Waals surface area (Å²) in [5, 5.41) is 10.2. The van der Waals surface area contributed by atoms with Crippen molar-refractivity contribution in [3.05, 3.63) is 34.9 Å². The van der Waals surface area contributed by atoms with Crippen LogP contribution in [0.1, 0.15) is 44.6 Å². The topological polar surface area (TPSA) is 37.3 Å². The van der Waals surface area contributed by atoms with Gasteiger partial charge in [-0.15, -0.1) is 0 Å². The maximum absolute atomic E-state index is 11.6. The summed E-state index contributed by atoms with van der Waals surface area (Å²) in [6.07, 6.45) is 3.13. The van der Waals surface area contributed by atoms with E-state index in [-0.39, 0.29) is 5.92 Å². The fourth-order valence-corrected chi connectivity index (χ4v) is 3.30. The Balaban J connectivity index is 2.21. The number of hydrogen-bond acceptors (Lipinski definition) is 1. The lowest BCUT2D eigenvalue weighted by molar-refractivity contribution is -0.140. The SMILES string of the molecule is CC1CCC(C(C(=O)O)c2ccc(Cl)cc2)CC1C. The summed E-state index contributed by atoms with van der Waals surface area (Å²) < 4.78 is 0. The number of carboxylic acids is 1. The van der Waals surface area contributed by atoms with Crippen molar-refractivity contribution in [3.63, 3.8) is 0 Å². The first-order valence-electron chi connectivity index (χ1n) is 6.97. The van der Waals surface area contributed by atoms with Gasteiger partial charge >= 0.3 is 5.97 Å². The van der Waals surface area contributed by atoms with E-state index in [1.165, 1.54) is 0 Å². The number of halogens is 1. The van der Waals surface area contributed by atoms with Crippen molar-refractivity contribution < 1.29 is 9.90 Å². The molecule has 4 unspecified atom stereocenters. The molecule has 0 bridgehead atoms. The van der Waals surface area contributed by atoms with Crippen LogP contribution < -0.4 is 0 Å². The van der Waals surface area contributed by atoms with Crippen molar-refractivity contribution in [2.24, 2.45) is 17.8 Å². The number of hydrogen-bond donors (Lipinski definition) is 1. The second kappa shape index (κ2) is 5.96. The molecule has 0 radical (unpaired) electrons. The number of rotatable bonds is 3. The van der Waals surface area contributed by atoms with Crippen molar-refractivity contribution in [1.29, 1.82) is 0 Å². The normalized spacial score (nSPS) is 28.9. The van der Waals surface area contributed by atoms with Crippen LogP contribution in [-0.2, 0) is 4.79 Å². The molecule has 3 heteroatoms. The van der Waals surface area contributed by atoms with Crippen LogP contribution in [0.3, 0.4) is 0 Å². The van der Waals surface area contributed by atoms with E-state index in [0.717, 1.165) is 24.8 Å². The average Bonchev–Trinajstić information content (AvgIpc) is 2.36. The van der Waals surface area contributed by atoms with Crippen molar-refractivity contribution in [3.8, 4) is 0 Å². The molecule has 0 heterocycles. The Hall–Kier alpha value is -1.02. The lowest BCUT2D eigenvalue weighted by Crippen LogP contribution is -2.29. The molecule has 2 nitrogen and oxygen atoms in total. The third kappa shape index (κ3) is 3.30. The highest BCUT2D eigenvalue weighted by Crippen LogP contribution is 2.41. The van der Waals surface area contributed by atoms with Crippen LogP contribution in [0.5, 0.6) is 0 Å². The third-order valence-corrected chi connectivity index (χ3v) is 4.86. The standard InChI is InChI=1S/C16H21ClO2/c1-10-3-4-13(9-11(10)2)15(16(18)19)12-5-7-14(17)8-6-12/h5-8,10-11,13,15H,3-4,9H2,1-2H3,(H,18,19). The van der Waals surface area contributed by atoms with Crippen molar-refractivity contribution in [2.45, 2.75) is 39.0 Å². The summed E-state index contributed by atoms with van der Waals surface area (Å²) in [7, 11) is 0. The number of carboxylic acid groups (broad SMARTS) is 1. The van der Waals surface area contributed by atoms with Gasteiger partial charge in [-0.25, -0.2) is 0 Å². The Labute approximate surface area is 119 Å². The zero-order chi connectivity index (χ0) is 14.0. The van der Waals surface area contributed by atoms with Crippen molar-refractivity contribution in [2.75, 3.05) is 0 Å². The van der Waals surface area contributed by atoms with Gasteiger partial charge in [-0.3, -0.25) is 4.79 Å². The molecule has 0 saturated heterocycles. The maximum atomic E-state index is 11.6. The van der Waals surface area contributed by atoms with Crippen LogP contribution in [0.2, 0.25) is 5.02 Å². The zero-order valence-electron chi connectivity index (χ0n) is 11.5. The van der Waals surface area contributed by atoms with E-state index in [1.54, 1.807) is 12.1 Å². The van der Waals surface area contributed by atoms with Gasteiger partial charge < -0.3 is 5.11 Å². The monoisotopic (exact) mass is 280 g/mol. The Kier molecular flexibility index (Phi) is 4.51. The Morgan fingerprint density at radius 1 is 1.21 bits per heavy atom. The smallest absolute Gasteiger partial charge is 0.311 e. The van der Waals surface area contributed by atoms with Gasteiger partial charge in [0.1, 0.15) is 0 Å². The molecular formula is C16H21ClO2.